The molecular weight excluding hydrogens is 334 g/mol. The minimum atomic E-state index is 0.155. The van der Waals surface area contributed by atoms with Crippen molar-refractivity contribution in [3.63, 3.8) is 0 Å². The SMILES string of the molecule is CN=C(NCc1ccc(C)cc1)NCC1CCCOC1c1ccc(C)cc1. The summed E-state index contributed by atoms with van der Waals surface area (Å²) in [5.41, 5.74) is 5.09. The molecule has 0 aliphatic carbocycles. The van der Waals surface area contributed by atoms with Crippen molar-refractivity contribution < 1.29 is 4.74 Å². The van der Waals surface area contributed by atoms with Crippen LogP contribution in [0.4, 0.5) is 0 Å². The molecule has 2 unspecified atom stereocenters. The summed E-state index contributed by atoms with van der Waals surface area (Å²) in [6, 6.07) is 17.3. The Hall–Kier alpha value is -2.33. The third-order valence-electron chi connectivity index (χ3n) is 5.19. The van der Waals surface area contributed by atoms with Gasteiger partial charge in [0.1, 0.15) is 0 Å². The van der Waals surface area contributed by atoms with E-state index in [0.29, 0.717) is 5.92 Å². The highest BCUT2D eigenvalue weighted by Gasteiger charge is 2.27. The van der Waals surface area contributed by atoms with Crippen LogP contribution in [-0.4, -0.2) is 26.2 Å². The normalized spacial score (nSPS) is 20.3. The molecule has 2 aromatic rings. The van der Waals surface area contributed by atoms with E-state index in [-0.39, 0.29) is 6.10 Å². The number of hydrogen-bond acceptors (Lipinski definition) is 2. The van der Waals surface area contributed by atoms with Gasteiger partial charge in [0.25, 0.3) is 0 Å². The lowest BCUT2D eigenvalue weighted by Crippen LogP contribution is -2.41. The maximum Gasteiger partial charge on any atom is 0.191 e. The number of aliphatic imine (C=N–C) groups is 1. The van der Waals surface area contributed by atoms with Gasteiger partial charge in [0, 0.05) is 32.7 Å². The standard InChI is InChI=1S/C23H31N3O/c1-17-6-10-19(11-7-17)15-25-23(24-3)26-16-21-5-4-14-27-22(21)20-12-8-18(2)9-13-20/h6-13,21-22H,4-5,14-16H2,1-3H3,(H2,24,25,26). The van der Waals surface area contributed by atoms with Crippen LogP contribution < -0.4 is 10.6 Å². The molecule has 2 N–H and O–H groups in total. The van der Waals surface area contributed by atoms with Gasteiger partial charge in [0.05, 0.1) is 6.10 Å². The van der Waals surface area contributed by atoms with Gasteiger partial charge in [0.2, 0.25) is 0 Å². The quantitative estimate of drug-likeness (QED) is 0.618. The lowest BCUT2D eigenvalue weighted by Gasteiger charge is -2.32. The van der Waals surface area contributed by atoms with Gasteiger partial charge < -0.3 is 15.4 Å². The van der Waals surface area contributed by atoms with Crippen LogP contribution in [-0.2, 0) is 11.3 Å². The maximum absolute atomic E-state index is 6.12. The van der Waals surface area contributed by atoms with Crippen LogP contribution in [0.25, 0.3) is 0 Å². The molecule has 1 aliphatic heterocycles. The smallest absolute Gasteiger partial charge is 0.191 e. The zero-order chi connectivity index (χ0) is 19.1. The number of rotatable bonds is 5. The van der Waals surface area contributed by atoms with Gasteiger partial charge in [-0.2, -0.15) is 0 Å². The van der Waals surface area contributed by atoms with E-state index in [1.807, 2.05) is 7.05 Å². The summed E-state index contributed by atoms with van der Waals surface area (Å²) in [6.45, 7) is 6.69. The third-order valence-corrected chi connectivity index (χ3v) is 5.19. The summed E-state index contributed by atoms with van der Waals surface area (Å²) in [5, 5.41) is 6.90. The molecule has 0 saturated carbocycles. The predicted molar refractivity (Wildman–Crippen MR) is 112 cm³/mol. The number of aryl methyl sites for hydroxylation is 2. The molecule has 0 spiro atoms. The second kappa shape index (κ2) is 9.56. The van der Waals surface area contributed by atoms with Crippen molar-refractivity contribution in [1.29, 1.82) is 0 Å². The van der Waals surface area contributed by atoms with Gasteiger partial charge in [-0.25, -0.2) is 0 Å². The first-order valence-corrected chi connectivity index (χ1v) is 9.84. The summed E-state index contributed by atoms with van der Waals surface area (Å²) in [4.78, 5) is 4.37. The zero-order valence-electron chi connectivity index (χ0n) is 16.7. The number of nitrogens with zero attached hydrogens (tertiary/aromatic N) is 1. The molecule has 3 rings (SSSR count). The number of benzene rings is 2. The maximum atomic E-state index is 6.12. The van der Waals surface area contributed by atoms with E-state index < -0.39 is 0 Å². The fraction of sp³-hybridized carbons (Fsp3) is 0.435. The Bertz CT molecular complexity index is 737. The summed E-state index contributed by atoms with van der Waals surface area (Å²) in [7, 11) is 1.82. The Morgan fingerprint density at radius 3 is 2.33 bits per heavy atom. The van der Waals surface area contributed by atoms with Crippen LogP contribution in [0.2, 0.25) is 0 Å². The lowest BCUT2D eigenvalue weighted by atomic mass is 9.89. The van der Waals surface area contributed by atoms with Crippen molar-refractivity contribution in [3.05, 3.63) is 70.8 Å². The van der Waals surface area contributed by atoms with Crippen LogP contribution in [0.1, 0.15) is 41.2 Å². The molecule has 2 aromatic carbocycles. The highest BCUT2D eigenvalue weighted by atomic mass is 16.5. The molecule has 0 bridgehead atoms. The summed E-state index contributed by atoms with van der Waals surface area (Å²) in [5.74, 6) is 1.28. The first-order chi connectivity index (χ1) is 13.2. The molecule has 0 aromatic heterocycles. The molecule has 1 aliphatic rings. The number of nitrogens with one attached hydrogen (secondary N) is 2. The monoisotopic (exact) mass is 365 g/mol. The van der Waals surface area contributed by atoms with Crippen molar-refractivity contribution in [2.24, 2.45) is 10.9 Å². The molecule has 0 amide bonds. The molecule has 144 valence electrons. The first-order valence-electron chi connectivity index (χ1n) is 9.84. The molecular formula is C23H31N3O. The van der Waals surface area contributed by atoms with Crippen molar-refractivity contribution in [2.75, 3.05) is 20.2 Å². The average molecular weight is 366 g/mol. The Labute approximate surface area is 163 Å². The second-order valence-electron chi connectivity index (χ2n) is 7.40. The van der Waals surface area contributed by atoms with E-state index in [9.17, 15) is 0 Å². The van der Waals surface area contributed by atoms with Gasteiger partial charge in [-0.1, -0.05) is 59.7 Å². The van der Waals surface area contributed by atoms with Crippen LogP contribution >= 0.6 is 0 Å². The third kappa shape index (κ3) is 5.57. The summed E-state index contributed by atoms with van der Waals surface area (Å²) in [6.07, 6.45) is 2.44. The molecule has 27 heavy (non-hydrogen) atoms. The molecule has 1 heterocycles. The minimum absolute atomic E-state index is 0.155. The number of ether oxygens (including phenoxy) is 1. The van der Waals surface area contributed by atoms with Crippen LogP contribution in [0.5, 0.6) is 0 Å². The number of hydrogen-bond donors (Lipinski definition) is 2. The largest absolute Gasteiger partial charge is 0.373 e. The van der Waals surface area contributed by atoms with Crippen LogP contribution in [0.3, 0.4) is 0 Å². The Morgan fingerprint density at radius 1 is 1.00 bits per heavy atom. The second-order valence-corrected chi connectivity index (χ2v) is 7.40. The zero-order valence-corrected chi connectivity index (χ0v) is 16.7. The molecule has 1 fully saturated rings. The molecule has 1 saturated heterocycles. The van der Waals surface area contributed by atoms with Gasteiger partial charge in [-0.15, -0.1) is 0 Å². The van der Waals surface area contributed by atoms with Crippen LogP contribution in [0.15, 0.2) is 53.5 Å². The van der Waals surface area contributed by atoms with Crippen molar-refractivity contribution in [2.45, 2.75) is 39.3 Å². The predicted octanol–water partition coefficient (Wildman–Crippen LogP) is 4.14. The molecule has 4 nitrogen and oxygen atoms in total. The molecule has 2 atom stereocenters. The van der Waals surface area contributed by atoms with E-state index >= 15 is 0 Å². The molecule has 0 radical (unpaired) electrons. The fourth-order valence-electron chi connectivity index (χ4n) is 3.52. The van der Waals surface area contributed by atoms with E-state index in [0.717, 1.165) is 32.1 Å². The van der Waals surface area contributed by atoms with Gasteiger partial charge in [-0.05, 0) is 37.8 Å². The Morgan fingerprint density at radius 2 is 1.67 bits per heavy atom. The summed E-state index contributed by atoms with van der Waals surface area (Å²) < 4.78 is 6.12. The van der Waals surface area contributed by atoms with Gasteiger partial charge in [-0.3, -0.25) is 4.99 Å². The topological polar surface area (TPSA) is 45.7 Å². The van der Waals surface area contributed by atoms with E-state index in [1.54, 1.807) is 0 Å². The van der Waals surface area contributed by atoms with Gasteiger partial charge >= 0.3 is 0 Å². The highest BCUT2D eigenvalue weighted by molar-refractivity contribution is 5.79. The number of guanidine groups is 1. The van der Waals surface area contributed by atoms with E-state index in [1.165, 1.54) is 28.7 Å². The Balaban J connectivity index is 1.55. The van der Waals surface area contributed by atoms with Crippen LogP contribution in [0, 0.1) is 19.8 Å². The molecule has 4 heteroatoms. The van der Waals surface area contributed by atoms with E-state index in [2.05, 4.69) is 78.0 Å². The highest BCUT2D eigenvalue weighted by Crippen LogP contribution is 2.33. The van der Waals surface area contributed by atoms with Crippen molar-refractivity contribution in [3.8, 4) is 0 Å². The Kier molecular flexibility index (Phi) is 6.88. The lowest BCUT2D eigenvalue weighted by molar-refractivity contribution is -0.0265. The fourth-order valence-corrected chi connectivity index (χ4v) is 3.52. The van der Waals surface area contributed by atoms with Gasteiger partial charge in [0.15, 0.2) is 5.96 Å². The summed E-state index contributed by atoms with van der Waals surface area (Å²) >= 11 is 0. The van der Waals surface area contributed by atoms with Crippen molar-refractivity contribution in [1.82, 2.24) is 10.6 Å². The minimum Gasteiger partial charge on any atom is -0.373 e. The van der Waals surface area contributed by atoms with Crippen molar-refractivity contribution >= 4 is 5.96 Å². The average Bonchev–Trinajstić information content (AvgIpc) is 2.70. The van der Waals surface area contributed by atoms with E-state index in [4.69, 9.17) is 4.74 Å². The first kappa shape index (κ1) is 19.4.